The number of morpholine rings is 1. The number of hydrogen-bond donors (Lipinski definition) is 1. The van der Waals surface area contributed by atoms with Crippen molar-refractivity contribution in [3.63, 3.8) is 0 Å². The maximum Gasteiger partial charge on any atom is 0.216 e. The fraction of sp³-hybridized carbons (Fsp3) is 0.545. The van der Waals surface area contributed by atoms with Crippen LogP contribution in [0.15, 0.2) is 6.07 Å². The van der Waals surface area contributed by atoms with Crippen molar-refractivity contribution in [2.24, 2.45) is 0 Å². The van der Waals surface area contributed by atoms with Gasteiger partial charge in [-0.1, -0.05) is 0 Å². The van der Waals surface area contributed by atoms with Crippen LogP contribution in [-0.4, -0.2) is 36.4 Å². The predicted octanol–water partition coefficient (Wildman–Crippen LogP) is 1.24. The fourth-order valence-corrected chi connectivity index (χ4v) is 1.84. The zero-order chi connectivity index (χ0) is 10.8. The van der Waals surface area contributed by atoms with Crippen molar-refractivity contribution < 1.29 is 9.84 Å². The van der Waals surface area contributed by atoms with Crippen molar-refractivity contribution in [1.29, 1.82) is 0 Å². The van der Waals surface area contributed by atoms with E-state index in [-0.39, 0.29) is 5.88 Å². The molecule has 2 heterocycles. The molecule has 1 N–H and O–H groups in total. The molecule has 15 heavy (non-hydrogen) atoms. The average molecular weight is 208 g/mol. The van der Waals surface area contributed by atoms with Crippen LogP contribution < -0.4 is 4.90 Å². The molecule has 4 nitrogen and oxygen atoms in total. The first-order valence-corrected chi connectivity index (χ1v) is 5.18. The second-order valence-electron chi connectivity index (χ2n) is 3.83. The summed E-state index contributed by atoms with van der Waals surface area (Å²) in [4.78, 5) is 6.26. The highest BCUT2D eigenvalue weighted by atomic mass is 16.5. The van der Waals surface area contributed by atoms with Gasteiger partial charge in [0, 0.05) is 30.0 Å². The lowest BCUT2D eigenvalue weighted by Gasteiger charge is -2.30. The summed E-state index contributed by atoms with van der Waals surface area (Å²) in [6, 6.07) is 2.01. The summed E-state index contributed by atoms with van der Waals surface area (Å²) < 4.78 is 5.30. The molecule has 0 bridgehead atoms. The molecule has 0 unspecified atom stereocenters. The standard InChI is InChI=1S/C11H16N2O2/c1-8-7-10(9(2)11(14)12-8)13-3-5-15-6-4-13/h7H,3-6H2,1-2H3,(H,12,14). The van der Waals surface area contributed by atoms with E-state index in [1.807, 2.05) is 19.9 Å². The molecule has 0 atom stereocenters. The number of nitrogens with zero attached hydrogens (tertiary/aromatic N) is 2. The highest BCUT2D eigenvalue weighted by Crippen LogP contribution is 2.27. The first-order chi connectivity index (χ1) is 7.18. The van der Waals surface area contributed by atoms with Crippen LogP contribution in [0.3, 0.4) is 0 Å². The summed E-state index contributed by atoms with van der Waals surface area (Å²) >= 11 is 0. The molecule has 1 aliphatic rings. The van der Waals surface area contributed by atoms with Crippen LogP contribution in [0.25, 0.3) is 0 Å². The van der Waals surface area contributed by atoms with Crippen LogP contribution in [0.4, 0.5) is 5.69 Å². The summed E-state index contributed by atoms with van der Waals surface area (Å²) in [5.74, 6) is 0.136. The number of aryl methyl sites for hydroxylation is 1. The maximum atomic E-state index is 9.64. The maximum absolute atomic E-state index is 9.64. The van der Waals surface area contributed by atoms with Crippen LogP contribution in [0, 0.1) is 13.8 Å². The van der Waals surface area contributed by atoms with Crippen LogP contribution in [0.2, 0.25) is 0 Å². The van der Waals surface area contributed by atoms with Gasteiger partial charge >= 0.3 is 0 Å². The minimum absolute atomic E-state index is 0.136. The van der Waals surface area contributed by atoms with E-state index in [2.05, 4.69) is 9.88 Å². The number of pyridine rings is 1. The fourth-order valence-electron chi connectivity index (χ4n) is 1.84. The van der Waals surface area contributed by atoms with Crippen LogP contribution >= 0.6 is 0 Å². The minimum Gasteiger partial charge on any atom is -0.493 e. The number of anilines is 1. The van der Waals surface area contributed by atoms with Crippen LogP contribution in [-0.2, 0) is 4.74 Å². The second kappa shape index (κ2) is 4.06. The third-order valence-corrected chi connectivity index (χ3v) is 2.70. The van der Waals surface area contributed by atoms with Gasteiger partial charge < -0.3 is 14.7 Å². The van der Waals surface area contributed by atoms with Gasteiger partial charge in [-0.25, -0.2) is 4.98 Å². The van der Waals surface area contributed by atoms with Gasteiger partial charge in [0.2, 0.25) is 5.88 Å². The molecule has 1 aromatic heterocycles. The molecule has 2 rings (SSSR count). The zero-order valence-electron chi connectivity index (χ0n) is 9.16. The molecule has 82 valence electrons. The molecule has 0 aromatic carbocycles. The Morgan fingerprint density at radius 2 is 2.00 bits per heavy atom. The van der Waals surface area contributed by atoms with Crippen molar-refractivity contribution in [1.82, 2.24) is 4.98 Å². The Labute approximate surface area is 89.5 Å². The van der Waals surface area contributed by atoms with E-state index >= 15 is 0 Å². The van der Waals surface area contributed by atoms with E-state index in [9.17, 15) is 5.11 Å². The van der Waals surface area contributed by atoms with Gasteiger partial charge in [-0.15, -0.1) is 0 Å². The largest absolute Gasteiger partial charge is 0.493 e. The summed E-state index contributed by atoms with van der Waals surface area (Å²) in [5, 5.41) is 9.64. The number of hydrogen-bond acceptors (Lipinski definition) is 4. The molecular weight excluding hydrogens is 192 g/mol. The van der Waals surface area contributed by atoms with Gasteiger partial charge in [0.25, 0.3) is 0 Å². The quantitative estimate of drug-likeness (QED) is 0.754. The van der Waals surface area contributed by atoms with Gasteiger partial charge in [0.05, 0.1) is 13.2 Å². The van der Waals surface area contributed by atoms with Gasteiger partial charge in [0.15, 0.2) is 0 Å². The number of aromatic hydroxyl groups is 1. The third-order valence-electron chi connectivity index (χ3n) is 2.70. The Hall–Kier alpha value is -1.29. The Bertz CT molecular complexity index is 360. The van der Waals surface area contributed by atoms with Crippen molar-refractivity contribution in [3.05, 3.63) is 17.3 Å². The van der Waals surface area contributed by atoms with E-state index in [0.717, 1.165) is 43.2 Å². The van der Waals surface area contributed by atoms with Gasteiger partial charge in [-0.3, -0.25) is 0 Å². The average Bonchev–Trinajstić information content (AvgIpc) is 2.24. The summed E-state index contributed by atoms with van der Waals surface area (Å²) in [6.07, 6.45) is 0. The third kappa shape index (κ3) is 2.04. The van der Waals surface area contributed by atoms with E-state index < -0.39 is 0 Å². The summed E-state index contributed by atoms with van der Waals surface area (Å²) in [6.45, 7) is 7.05. The summed E-state index contributed by atoms with van der Waals surface area (Å²) in [7, 11) is 0. The Morgan fingerprint density at radius 1 is 1.33 bits per heavy atom. The smallest absolute Gasteiger partial charge is 0.216 e. The van der Waals surface area contributed by atoms with Crippen molar-refractivity contribution in [2.75, 3.05) is 31.2 Å². The minimum atomic E-state index is 0.136. The molecule has 4 heteroatoms. The molecule has 0 spiro atoms. The van der Waals surface area contributed by atoms with E-state index in [1.165, 1.54) is 0 Å². The molecule has 1 fully saturated rings. The monoisotopic (exact) mass is 208 g/mol. The van der Waals surface area contributed by atoms with Crippen molar-refractivity contribution in [2.45, 2.75) is 13.8 Å². The van der Waals surface area contributed by atoms with Crippen molar-refractivity contribution >= 4 is 5.69 Å². The van der Waals surface area contributed by atoms with E-state index in [1.54, 1.807) is 0 Å². The molecule has 1 saturated heterocycles. The molecular formula is C11H16N2O2. The second-order valence-corrected chi connectivity index (χ2v) is 3.83. The summed E-state index contributed by atoms with van der Waals surface area (Å²) in [5.41, 5.74) is 2.77. The lowest BCUT2D eigenvalue weighted by Crippen LogP contribution is -2.36. The van der Waals surface area contributed by atoms with E-state index in [4.69, 9.17) is 4.74 Å². The predicted molar refractivity (Wildman–Crippen MR) is 58.4 cm³/mol. The molecule has 1 aliphatic heterocycles. The number of ether oxygens (including phenoxy) is 1. The molecule has 0 saturated carbocycles. The first kappa shape index (κ1) is 10.2. The topological polar surface area (TPSA) is 45.6 Å². The highest BCUT2D eigenvalue weighted by Gasteiger charge is 2.15. The van der Waals surface area contributed by atoms with Gasteiger partial charge in [-0.2, -0.15) is 0 Å². The molecule has 0 aliphatic carbocycles. The molecule has 0 amide bonds. The lowest BCUT2D eigenvalue weighted by atomic mass is 10.2. The highest BCUT2D eigenvalue weighted by molar-refractivity contribution is 5.57. The molecule has 1 aromatic rings. The van der Waals surface area contributed by atoms with Crippen molar-refractivity contribution in [3.8, 4) is 5.88 Å². The lowest BCUT2D eigenvalue weighted by molar-refractivity contribution is 0.122. The van der Waals surface area contributed by atoms with Gasteiger partial charge in [-0.05, 0) is 19.9 Å². The van der Waals surface area contributed by atoms with E-state index in [0.29, 0.717) is 0 Å². The van der Waals surface area contributed by atoms with Crippen LogP contribution in [0.1, 0.15) is 11.3 Å². The van der Waals surface area contributed by atoms with Crippen LogP contribution in [0.5, 0.6) is 5.88 Å². The zero-order valence-corrected chi connectivity index (χ0v) is 9.16. The number of rotatable bonds is 1. The normalized spacial score (nSPS) is 16.8. The Balaban J connectivity index is 2.33. The van der Waals surface area contributed by atoms with Gasteiger partial charge in [0.1, 0.15) is 0 Å². The molecule has 0 radical (unpaired) electrons. The Kier molecular flexibility index (Phi) is 2.77. The SMILES string of the molecule is Cc1cc(N2CCOCC2)c(C)c(O)n1. The first-order valence-electron chi connectivity index (χ1n) is 5.18. The number of aromatic nitrogens is 1. The Morgan fingerprint density at radius 3 is 2.67 bits per heavy atom.